The van der Waals surface area contributed by atoms with E-state index in [1.54, 1.807) is 6.20 Å². The molecule has 21 heavy (non-hydrogen) atoms. The van der Waals surface area contributed by atoms with E-state index in [4.69, 9.17) is 5.73 Å². The molecule has 110 valence electrons. The molecule has 0 radical (unpaired) electrons. The Kier molecular flexibility index (Phi) is 4.93. The largest absolute Gasteiger partial charge is 0.399 e. The van der Waals surface area contributed by atoms with Gasteiger partial charge >= 0.3 is 0 Å². The van der Waals surface area contributed by atoms with E-state index in [0.717, 1.165) is 22.5 Å². The summed E-state index contributed by atoms with van der Waals surface area (Å²) in [5, 5.41) is 2.93. The van der Waals surface area contributed by atoms with Crippen molar-refractivity contribution >= 4 is 11.6 Å². The number of aromatic nitrogens is 1. The molecule has 0 saturated carbocycles. The predicted octanol–water partition coefficient (Wildman–Crippen LogP) is 2.78. The molecule has 0 fully saturated rings. The average molecular weight is 283 g/mol. The first kappa shape index (κ1) is 15.0. The van der Waals surface area contributed by atoms with Crippen LogP contribution < -0.4 is 11.1 Å². The number of anilines is 1. The van der Waals surface area contributed by atoms with Crippen molar-refractivity contribution in [2.24, 2.45) is 0 Å². The summed E-state index contributed by atoms with van der Waals surface area (Å²) in [4.78, 5) is 16.2. The number of rotatable bonds is 5. The van der Waals surface area contributed by atoms with Gasteiger partial charge in [-0.3, -0.25) is 9.78 Å². The van der Waals surface area contributed by atoms with Gasteiger partial charge in [0.15, 0.2) is 0 Å². The van der Waals surface area contributed by atoms with Crippen LogP contribution in [0.2, 0.25) is 0 Å². The number of benzene rings is 1. The van der Waals surface area contributed by atoms with E-state index in [1.807, 2.05) is 50.2 Å². The van der Waals surface area contributed by atoms with Crippen LogP contribution in [0, 0.1) is 6.92 Å². The Labute approximate surface area is 125 Å². The number of carbonyl (C=O) groups excluding carboxylic acids is 1. The zero-order chi connectivity index (χ0) is 15.2. The van der Waals surface area contributed by atoms with Gasteiger partial charge in [0.2, 0.25) is 5.91 Å². The van der Waals surface area contributed by atoms with Crippen LogP contribution in [-0.2, 0) is 11.3 Å². The Morgan fingerprint density at radius 1 is 1.24 bits per heavy atom. The van der Waals surface area contributed by atoms with Crippen LogP contribution in [0.4, 0.5) is 5.69 Å². The Morgan fingerprint density at radius 3 is 2.57 bits per heavy atom. The third-order valence-electron chi connectivity index (χ3n) is 3.46. The minimum Gasteiger partial charge on any atom is -0.399 e. The fourth-order valence-electron chi connectivity index (χ4n) is 2.10. The van der Waals surface area contributed by atoms with Crippen molar-refractivity contribution in [1.29, 1.82) is 0 Å². The molecule has 2 aromatic rings. The highest BCUT2D eigenvalue weighted by molar-refractivity contribution is 5.76. The van der Waals surface area contributed by atoms with E-state index >= 15 is 0 Å². The van der Waals surface area contributed by atoms with Crippen LogP contribution >= 0.6 is 0 Å². The number of carbonyl (C=O) groups is 1. The zero-order valence-corrected chi connectivity index (χ0v) is 12.5. The van der Waals surface area contributed by atoms with Crippen LogP contribution in [0.3, 0.4) is 0 Å². The molecular formula is C17H21N3O. The Morgan fingerprint density at radius 2 is 1.95 bits per heavy atom. The zero-order valence-electron chi connectivity index (χ0n) is 12.5. The number of hydrogen-bond acceptors (Lipinski definition) is 3. The van der Waals surface area contributed by atoms with Crippen molar-refractivity contribution in [3.63, 3.8) is 0 Å². The molecule has 2 rings (SSSR count). The molecule has 4 nitrogen and oxygen atoms in total. The molecular weight excluding hydrogens is 262 g/mol. The Bertz CT molecular complexity index is 590. The lowest BCUT2D eigenvalue weighted by Gasteiger charge is -2.12. The molecule has 0 saturated heterocycles. The number of nitrogens with one attached hydrogen (secondary N) is 1. The summed E-state index contributed by atoms with van der Waals surface area (Å²) in [6, 6.07) is 11.6. The lowest BCUT2D eigenvalue weighted by Crippen LogP contribution is -2.24. The van der Waals surface area contributed by atoms with E-state index < -0.39 is 0 Å². The van der Waals surface area contributed by atoms with Gasteiger partial charge in [-0.15, -0.1) is 0 Å². The fraction of sp³-hybridized carbons (Fsp3) is 0.294. The first-order valence-corrected chi connectivity index (χ1v) is 7.08. The molecule has 1 unspecified atom stereocenters. The Balaban J connectivity index is 1.83. The highest BCUT2D eigenvalue weighted by atomic mass is 16.1. The van der Waals surface area contributed by atoms with Gasteiger partial charge in [0.1, 0.15) is 0 Å². The highest BCUT2D eigenvalue weighted by Crippen LogP contribution is 2.19. The third kappa shape index (κ3) is 4.60. The van der Waals surface area contributed by atoms with Gasteiger partial charge < -0.3 is 11.1 Å². The van der Waals surface area contributed by atoms with Gasteiger partial charge in [-0.25, -0.2) is 0 Å². The molecule has 1 aromatic carbocycles. The molecule has 4 heteroatoms. The maximum atomic E-state index is 12.0. The van der Waals surface area contributed by atoms with Gasteiger partial charge in [0.05, 0.1) is 0 Å². The third-order valence-corrected chi connectivity index (χ3v) is 3.46. The second-order valence-corrected chi connectivity index (χ2v) is 5.36. The summed E-state index contributed by atoms with van der Waals surface area (Å²) in [6.07, 6.45) is 2.25. The Hall–Kier alpha value is -2.36. The van der Waals surface area contributed by atoms with Gasteiger partial charge in [-0.1, -0.05) is 25.1 Å². The maximum Gasteiger partial charge on any atom is 0.220 e. The quantitative estimate of drug-likeness (QED) is 0.829. The first-order chi connectivity index (χ1) is 10.0. The molecule has 3 N–H and O–H groups in total. The van der Waals surface area contributed by atoms with Crippen molar-refractivity contribution in [3.05, 3.63) is 59.4 Å². The lowest BCUT2D eigenvalue weighted by molar-refractivity contribution is -0.121. The number of pyridine rings is 1. The molecule has 0 aliphatic rings. The molecule has 1 atom stereocenters. The highest BCUT2D eigenvalue weighted by Gasteiger charge is 2.11. The topological polar surface area (TPSA) is 68.0 Å². The number of hydrogen-bond donors (Lipinski definition) is 2. The molecule has 0 spiro atoms. The van der Waals surface area contributed by atoms with Crippen LogP contribution in [0.5, 0.6) is 0 Å². The van der Waals surface area contributed by atoms with Crippen LogP contribution in [0.25, 0.3) is 0 Å². The van der Waals surface area contributed by atoms with E-state index in [0.29, 0.717) is 13.0 Å². The minimum atomic E-state index is 0.0416. The van der Waals surface area contributed by atoms with Gasteiger partial charge in [-0.2, -0.15) is 0 Å². The molecule has 1 amide bonds. The summed E-state index contributed by atoms with van der Waals surface area (Å²) in [7, 11) is 0. The maximum absolute atomic E-state index is 12.0. The van der Waals surface area contributed by atoms with Crippen molar-refractivity contribution in [1.82, 2.24) is 10.3 Å². The van der Waals surface area contributed by atoms with Crippen molar-refractivity contribution in [3.8, 4) is 0 Å². The summed E-state index contributed by atoms with van der Waals surface area (Å²) >= 11 is 0. The number of nitrogen functional groups attached to an aromatic ring is 1. The molecule has 0 aliphatic heterocycles. The van der Waals surface area contributed by atoms with Crippen LogP contribution in [-0.4, -0.2) is 10.9 Å². The summed E-state index contributed by atoms with van der Waals surface area (Å²) in [5.74, 6) is 0.210. The SMILES string of the molecule is Cc1ccc(CNC(=O)CC(C)c2ccc(N)cc2)cn1. The summed E-state index contributed by atoms with van der Waals surface area (Å²) in [5.41, 5.74) is 9.51. The molecule has 1 aromatic heterocycles. The normalized spacial score (nSPS) is 11.9. The van der Waals surface area contributed by atoms with E-state index in [9.17, 15) is 4.79 Å². The van der Waals surface area contributed by atoms with Gasteiger partial charge in [0, 0.05) is 30.5 Å². The van der Waals surface area contributed by atoms with Crippen LogP contribution in [0.1, 0.15) is 36.1 Å². The van der Waals surface area contributed by atoms with Crippen molar-refractivity contribution in [2.45, 2.75) is 32.7 Å². The van der Waals surface area contributed by atoms with Crippen molar-refractivity contribution < 1.29 is 4.79 Å². The van der Waals surface area contributed by atoms with Crippen molar-refractivity contribution in [2.75, 3.05) is 5.73 Å². The van der Waals surface area contributed by atoms with Gasteiger partial charge in [0.25, 0.3) is 0 Å². The van der Waals surface area contributed by atoms with Gasteiger partial charge in [-0.05, 0) is 42.2 Å². The van der Waals surface area contributed by atoms with Crippen LogP contribution in [0.15, 0.2) is 42.6 Å². The second kappa shape index (κ2) is 6.88. The molecule has 1 heterocycles. The minimum absolute atomic E-state index is 0.0416. The summed E-state index contributed by atoms with van der Waals surface area (Å²) < 4.78 is 0. The molecule has 0 bridgehead atoms. The number of aryl methyl sites for hydroxylation is 1. The second-order valence-electron chi connectivity index (χ2n) is 5.36. The first-order valence-electron chi connectivity index (χ1n) is 7.08. The monoisotopic (exact) mass is 283 g/mol. The number of nitrogens with zero attached hydrogens (tertiary/aromatic N) is 1. The van der Waals surface area contributed by atoms with E-state index in [1.165, 1.54) is 0 Å². The lowest BCUT2D eigenvalue weighted by atomic mass is 9.97. The average Bonchev–Trinajstić information content (AvgIpc) is 2.47. The fourth-order valence-corrected chi connectivity index (χ4v) is 2.10. The number of nitrogens with two attached hydrogens (primary N) is 1. The van der Waals surface area contributed by atoms with E-state index in [2.05, 4.69) is 10.3 Å². The smallest absolute Gasteiger partial charge is 0.220 e. The molecule has 0 aliphatic carbocycles. The predicted molar refractivity (Wildman–Crippen MR) is 84.7 cm³/mol. The number of amides is 1. The summed E-state index contributed by atoms with van der Waals surface area (Å²) in [6.45, 7) is 4.50. The van der Waals surface area contributed by atoms with E-state index in [-0.39, 0.29) is 11.8 Å². The standard InChI is InChI=1S/C17H21N3O/c1-12(15-5-7-16(18)8-6-15)9-17(21)20-11-14-4-3-13(2)19-10-14/h3-8,10,12H,9,11,18H2,1-2H3,(H,20,21).